The molecular formula is C19H16F2N2O3. The highest BCUT2D eigenvalue weighted by molar-refractivity contribution is 6.09. The van der Waals surface area contributed by atoms with E-state index in [2.05, 4.69) is 10.1 Å². The Bertz CT molecular complexity index is 873. The van der Waals surface area contributed by atoms with Gasteiger partial charge in [-0.05, 0) is 48.4 Å². The molecule has 0 bridgehead atoms. The van der Waals surface area contributed by atoms with Crippen molar-refractivity contribution in [3.63, 3.8) is 0 Å². The van der Waals surface area contributed by atoms with E-state index in [1.54, 1.807) is 18.2 Å². The summed E-state index contributed by atoms with van der Waals surface area (Å²) in [5, 5.41) is 11.9. The summed E-state index contributed by atoms with van der Waals surface area (Å²) in [7, 11) is 1.30. The van der Waals surface area contributed by atoms with E-state index in [0.29, 0.717) is 11.3 Å². The Morgan fingerprint density at radius 3 is 2.62 bits per heavy atom. The molecule has 2 rings (SSSR count). The van der Waals surface area contributed by atoms with E-state index in [1.165, 1.54) is 31.4 Å². The van der Waals surface area contributed by atoms with Gasteiger partial charge in [-0.25, -0.2) is 0 Å². The first-order valence-electron chi connectivity index (χ1n) is 7.55. The van der Waals surface area contributed by atoms with Gasteiger partial charge in [0, 0.05) is 5.69 Å². The molecule has 0 fully saturated rings. The predicted molar refractivity (Wildman–Crippen MR) is 93.0 cm³/mol. The zero-order chi connectivity index (χ0) is 19.1. The van der Waals surface area contributed by atoms with Crippen molar-refractivity contribution in [2.45, 2.75) is 13.5 Å². The van der Waals surface area contributed by atoms with E-state index in [0.717, 1.165) is 5.56 Å². The van der Waals surface area contributed by atoms with Crippen molar-refractivity contribution in [3.05, 3.63) is 59.2 Å². The molecule has 1 amide bonds. The Labute approximate surface area is 149 Å². The summed E-state index contributed by atoms with van der Waals surface area (Å²) in [6.45, 7) is -1.11. The van der Waals surface area contributed by atoms with Crippen LogP contribution in [0.1, 0.15) is 11.1 Å². The Hall–Kier alpha value is -3.40. The maximum absolute atomic E-state index is 12.4. The number of aryl methyl sites for hydroxylation is 1. The molecule has 0 saturated carbocycles. The molecular weight excluding hydrogens is 342 g/mol. The summed E-state index contributed by atoms with van der Waals surface area (Å²) < 4.78 is 34.1. The van der Waals surface area contributed by atoms with E-state index in [4.69, 9.17) is 4.74 Å². The number of nitrogens with one attached hydrogen (secondary N) is 1. The lowest BCUT2D eigenvalue weighted by atomic mass is 10.1. The first-order valence-corrected chi connectivity index (χ1v) is 7.55. The predicted octanol–water partition coefficient (Wildman–Crippen LogP) is 4.15. The number of methoxy groups -OCH3 is 1. The number of benzene rings is 2. The first-order chi connectivity index (χ1) is 12.4. The van der Waals surface area contributed by atoms with Crippen LogP contribution >= 0.6 is 0 Å². The minimum absolute atomic E-state index is 0.0652. The molecule has 7 heteroatoms. The average molecular weight is 358 g/mol. The number of ether oxygens (including phenoxy) is 2. The molecule has 0 aliphatic rings. The van der Waals surface area contributed by atoms with E-state index >= 15 is 0 Å². The van der Waals surface area contributed by atoms with Gasteiger partial charge in [0.25, 0.3) is 5.91 Å². The van der Waals surface area contributed by atoms with Crippen LogP contribution in [0.2, 0.25) is 0 Å². The average Bonchev–Trinajstić information content (AvgIpc) is 2.60. The van der Waals surface area contributed by atoms with Crippen molar-refractivity contribution in [1.29, 1.82) is 5.26 Å². The largest absolute Gasteiger partial charge is 0.493 e. The van der Waals surface area contributed by atoms with Crippen LogP contribution in [0, 0.1) is 18.3 Å². The number of rotatable bonds is 6. The molecule has 0 atom stereocenters. The number of hydrogen-bond acceptors (Lipinski definition) is 4. The van der Waals surface area contributed by atoms with Gasteiger partial charge in [0.15, 0.2) is 11.5 Å². The third-order valence-electron chi connectivity index (χ3n) is 3.36. The van der Waals surface area contributed by atoms with Crippen LogP contribution in [0.25, 0.3) is 6.08 Å². The van der Waals surface area contributed by atoms with E-state index in [9.17, 15) is 18.8 Å². The van der Waals surface area contributed by atoms with Gasteiger partial charge in [-0.1, -0.05) is 18.2 Å². The fraction of sp³-hybridized carbons (Fsp3) is 0.158. The zero-order valence-electron chi connectivity index (χ0n) is 14.1. The molecule has 0 heterocycles. The number of hydrogen-bond donors (Lipinski definition) is 1. The molecule has 5 nitrogen and oxygen atoms in total. The zero-order valence-corrected chi connectivity index (χ0v) is 14.1. The van der Waals surface area contributed by atoms with Gasteiger partial charge in [-0.15, -0.1) is 0 Å². The molecule has 0 aliphatic carbocycles. The van der Waals surface area contributed by atoms with Crippen molar-refractivity contribution in [2.75, 3.05) is 12.4 Å². The van der Waals surface area contributed by atoms with Crippen molar-refractivity contribution in [3.8, 4) is 17.6 Å². The summed E-state index contributed by atoms with van der Waals surface area (Å²) in [4.78, 5) is 12.3. The van der Waals surface area contributed by atoms with Crippen molar-refractivity contribution in [1.82, 2.24) is 0 Å². The highest BCUT2D eigenvalue weighted by Crippen LogP contribution is 2.30. The third kappa shape index (κ3) is 5.05. The standard InChI is InChI=1S/C19H16F2N2O3/c1-12-4-3-5-15(8-12)23-18(24)14(11-22)9-13-6-7-16(26-19(20)21)17(10-13)25-2/h3-10,19H,1-2H3,(H,23,24)/b14-9+. The summed E-state index contributed by atoms with van der Waals surface area (Å²) in [5.41, 5.74) is 1.81. The van der Waals surface area contributed by atoms with Crippen LogP contribution in [-0.4, -0.2) is 19.6 Å². The fourth-order valence-corrected chi connectivity index (χ4v) is 2.20. The molecule has 0 aliphatic heterocycles. The summed E-state index contributed by atoms with van der Waals surface area (Å²) in [6.07, 6.45) is 1.33. The molecule has 0 spiro atoms. The van der Waals surface area contributed by atoms with Gasteiger partial charge < -0.3 is 14.8 Å². The number of nitriles is 1. The van der Waals surface area contributed by atoms with E-state index in [-0.39, 0.29) is 17.1 Å². The number of carbonyl (C=O) groups excluding carboxylic acids is 1. The SMILES string of the molecule is COc1cc(/C=C(\C#N)C(=O)Nc2cccc(C)c2)ccc1OC(F)F. The van der Waals surface area contributed by atoms with Gasteiger partial charge in [-0.2, -0.15) is 14.0 Å². The van der Waals surface area contributed by atoms with Crippen molar-refractivity contribution < 1.29 is 23.0 Å². The Morgan fingerprint density at radius 1 is 1.23 bits per heavy atom. The van der Waals surface area contributed by atoms with Crippen LogP contribution in [0.4, 0.5) is 14.5 Å². The second-order valence-electron chi connectivity index (χ2n) is 5.28. The van der Waals surface area contributed by atoms with Crippen LogP contribution < -0.4 is 14.8 Å². The molecule has 0 saturated heterocycles. The molecule has 2 aromatic rings. The van der Waals surface area contributed by atoms with Gasteiger partial charge in [0.2, 0.25) is 0 Å². The molecule has 2 aromatic carbocycles. The summed E-state index contributed by atoms with van der Waals surface area (Å²) >= 11 is 0. The molecule has 26 heavy (non-hydrogen) atoms. The molecule has 0 unspecified atom stereocenters. The smallest absolute Gasteiger partial charge is 0.387 e. The second kappa shape index (κ2) is 8.62. The Balaban J connectivity index is 2.24. The quantitative estimate of drug-likeness (QED) is 0.622. The lowest BCUT2D eigenvalue weighted by molar-refractivity contribution is -0.112. The first kappa shape index (κ1) is 18.9. The minimum Gasteiger partial charge on any atom is -0.493 e. The number of nitrogens with zero attached hydrogens (tertiary/aromatic N) is 1. The lowest BCUT2D eigenvalue weighted by Crippen LogP contribution is -2.13. The number of alkyl halides is 2. The number of anilines is 1. The van der Waals surface area contributed by atoms with Crippen LogP contribution in [0.15, 0.2) is 48.0 Å². The Morgan fingerprint density at radius 2 is 2.00 bits per heavy atom. The molecule has 0 radical (unpaired) electrons. The summed E-state index contributed by atoms with van der Waals surface area (Å²) in [5.74, 6) is -0.650. The number of amides is 1. The highest BCUT2D eigenvalue weighted by Gasteiger charge is 2.13. The maximum Gasteiger partial charge on any atom is 0.387 e. The van der Waals surface area contributed by atoms with Crippen molar-refractivity contribution >= 4 is 17.7 Å². The monoisotopic (exact) mass is 358 g/mol. The second-order valence-corrected chi connectivity index (χ2v) is 5.28. The van der Waals surface area contributed by atoms with Gasteiger partial charge >= 0.3 is 6.61 Å². The van der Waals surface area contributed by atoms with E-state index < -0.39 is 12.5 Å². The highest BCUT2D eigenvalue weighted by atomic mass is 19.3. The topological polar surface area (TPSA) is 71.3 Å². The van der Waals surface area contributed by atoms with Gasteiger partial charge in [0.1, 0.15) is 11.6 Å². The van der Waals surface area contributed by atoms with Gasteiger partial charge in [0.05, 0.1) is 7.11 Å². The summed E-state index contributed by atoms with van der Waals surface area (Å²) in [6, 6.07) is 13.1. The number of carbonyl (C=O) groups is 1. The van der Waals surface area contributed by atoms with Crippen LogP contribution in [-0.2, 0) is 4.79 Å². The normalized spacial score (nSPS) is 11.0. The van der Waals surface area contributed by atoms with Crippen molar-refractivity contribution in [2.24, 2.45) is 0 Å². The molecule has 1 N–H and O–H groups in total. The fourth-order valence-electron chi connectivity index (χ4n) is 2.20. The van der Waals surface area contributed by atoms with Crippen LogP contribution in [0.3, 0.4) is 0 Å². The minimum atomic E-state index is -2.99. The van der Waals surface area contributed by atoms with Gasteiger partial charge in [-0.3, -0.25) is 4.79 Å². The number of halogens is 2. The van der Waals surface area contributed by atoms with Crippen LogP contribution in [0.5, 0.6) is 11.5 Å². The Kier molecular flexibility index (Phi) is 6.28. The molecule has 134 valence electrons. The molecule has 0 aromatic heterocycles. The maximum atomic E-state index is 12.4. The lowest BCUT2D eigenvalue weighted by Gasteiger charge is -2.10. The third-order valence-corrected chi connectivity index (χ3v) is 3.36. The van der Waals surface area contributed by atoms with E-state index in [1.807, 2.05) is 19.1 Å².